The van der Waals surface area contributed by atoms with Crippen molar-refractivity contribution in [1.82, 2.24) is 9.88 Å². The normalized spacial score (nSPS) is 10.4. The van der Waals surface area contributed by atoms with Gasteiger partial charge in [-0.05, 0) is 25.0 Å². The molecule has 4 heteroatoms. The predicted molar refractivity (Wildman–Crippen MR) is 84.3 cm³/mol. The van der Waals surface area contributed by atoms with Crippen LogP contribution in [0.5, 0.6) is 0 Å². The number of carbonyl (C=O) groups is 1. The number of nitrogens with one attached hydrogen (secondary N) is 1. The number of unbranched alkanes of at least 4 members (excludes halogenated alkanes) is 2. The van der Waals surface area contributed by atoms with Gasteiger partial charge in [-0.15, -0.1) is 0 Å². The zero-order valence-electron chi connectivity index (χ0n) is 13.2. The fourth-order valence-corrected chi connectivity index (χ4v) is 2.14. The third-order valence-electron chi connectivity index (χ3n) is 3.33. The summed E-state index contributed by atoms with van der Waals surface area (Å²) in [6, 6.07) is 3.75. The van der Waals surface area contributed by atoms with E-state index in [0.717, 1.165) is 49.3 Å². The second-order valence-corrected chi connectivity index (χ2v) is 5.17. The average Bonchev–Trinajstić information content (AvgIpc) is 2.46. The predicted octanol–water partition coefficient (Wildman–Crippen LogP) is 3.34. The van der Waals surface area contributed by atoms with Crippen LogP contribution in [0.3, 0.4) is 0 Å². The minimum absolute atomic E-state index is 0.0809. The highest BCUT2D eigenvalue weighted by atomic mass is 16.2. The number of pyridine rings is 1. The Morgan fingerprint density at radius 1 is 1.25 bits per heavy atom. The van der Waals surface area contributed by atoms with Crippen LogP contribution in [0.1, 0.15) is 55.6 Å². The summed E-state index contributed by atoms with van der Waals surface area (Å²) >= 11 is 0. The van der Waals surface area contributed by atoms with Gasteiger partial charge in [0.25, 0.3) is 5.91 Å². The summed E-state index contributed by atoms with van der Waals surface area (Å²) < 4.78 is 0. The summed E-state index contributed by atoms with van der Waals surface area (Å²) in [7, 11) is 3.70. The van der Waals surface area contributed by atoms with Gasteiger partial charge >= 0.3 is 0 Å². The number of nitrogens with zero attached hydrogens (tertiary/aromatic N) is 2. The van der Waals surface area contributed by atoms with Gasteiger partial charge in [-0.25, -0.2) is 4.98 Å². The maximum atomic E-state index is 12.4. The van der Waals surface area contributed by atoms with E-state index in [-0.39, 0.29) is 5.91 Å². The van der Waals surface area contributed by atoms with Gasteiger partial charge in [0.1, 0.15) is 5.82 Å². The SMILES string of the molecule is CCCCCN(C)C(=O)c1cc(CCC)nc(NC)c1. The molecule has 0 aliphatic heterocycles. The lowest BCUT2D eigenvalue weighted by molar-refractivity contribution is 0.0792. The summed E-state index contributed by atoms with van der Waals surface area (Å²) in [5.41, 5.74) is 1.71. The molecule has 4 nitrogen and oxygen atoms in total. The Kier molecular flexibility index (Phi) is 7.05. The number of aryl methyl sites for hydroxylation is 1. The first-order valence-corrected chi connectivity index (χ1v) is 7.56. The van der Waals surface area contributed by atoms with E-state index in [1.54, 1.807) is 4.90 Å². The van der Waals surface area contributed by atoms with Crippen molar-refractivity contribution in [1.29, 1.82) is 0 Å². The molecule has 0 spiro atoms. The molecule has 0 bridgehead atoms. The van der Waals surface area contributed by atoms with E-state index >= 15 is 0 Å². The fraction of sp³-hybridized carbons (Fsp3) is 0.625. The Labute approximate surface area is 122 Å². The van der Waals surface area contributed by atoms with Gasteiger partial charge < -0.3 is 10.2 Å². The van der Waals surface area contributed by atoms with Crippen LogP contribution in [0.15, 0.2) is 12.1 Å². The van der Waals surface area contributed by atoms with E-state index in [1.165, 1.54) is 6.42 Å². The Balaban J connectivity index is 2.82. The van der Waals surface area contributed by atoms with Crippen molar-refractivity contribution in [3.63, 3.8) is 0 Å². The van der Waals surface area contributed by atoms with Crippen LogP contribution in [-0.4, -0.2) is 36.4 Å². The van der Waals surface area contributed by atoms with Crippen LogP contribution < -0.4 is 5.32 Å². The lowest BCUT2D eigenvalue weighted by Crippen LogP contribution is -2.28. The van der Waals surface area contributed by atoms with E-state index in [1.807, 2.05) is 26.2 Å². The van der Waals surface area contributed by atoms with Gasteiger partial charge in [0.15, 0.2) is 0 Å². The molecule has 0 radical (unpaired) electrons. The molecule has 0 saturated heterocycles. The van der Waals surface area contributed by atoms with Crippen LogP contribution in [-0.2, 0) is 6.42 Å². The molecule has 20 heavy (non-hydrogen) atoms. The largest absolute Gasteiger partial charge is 0.373 e. The summed E-state index contributed by atoms with van der Waals surface area (Å²) in [4.78, 5) is 18.7. The Morgan fingerprint density at radius 3 is 2.60 bits per heavy atom. The second kappa shape index (κ2) is 8.56. The molecule has 1 aromatic heterocycles. The van der Waals surface area contributed by atoms with Gasteiger partial charge in [0.2, 0.25) is 0 Å². The van der Waals surface area contributed by atoms with Crippen molar-refractivity contribution in [2.45, 2.75) is 46.0 Å². The van der Waals surface area contributed by atoms with E-state index in [4.69, 9.17) is 0 Å². The molecule has 1 N–H and O–H groups in total. The van der Waals surface area contributed by atoms with Gasteiger partial charge in [0.05, 0.1) is 0 Å². The number of carbonyl (C=O) groups excluding carboxylic acids is 1. The minimum atomic E-state index is 0.0809. The molecule has 0 aliphatic carbocycles. The van der Waals surface area contributed by atoms with Crippen molar-refractivity contribution >= 4 is 11.7 Å². The first-order chi connectivity index (χ1) is 9.62. The molecule has 0 fully saturated rings. The van der Waals surface area contributed by atoms with Crippen molar-refractivity contribution in [3.05, 3.63) is 23.4 Å². The third kappa shape index (κ3) is 4.83. The molecule has 1 rings (SSSR count). The molecule has 0 unspecified atom stereocenters. The minimum Gasteiger partial charge on any atom is -0.373 e. The molecule has 1 amide bonds. The van der Waals surface area contributed by atoms with E-state index in [0.29, 0.717) is 0 Å². The number of aromatic nitrogens is 1. The zero-order chi connectivity index (χ0) is 15.0. The lowest BCUT2D eigenvalue weighted by Gasteiger charge is -2.18. The van der Waals surface area contributed by atoms with Gasteiger partial charge in [-0.2, -0.15) is 0 Å². The molecule has 0 atom stereocenters. The number of amides is 1. The summed E-state index contributed by atoms with van der Waals surface area (Å²) in [6.45, 7) is 5.10. The smallest absolute Gasteiger partial charge is 0.253 e. The number of rotatable bonds is 8. The molecular formula is C16H27N3O. The Morgan fingerprint density at radius 2 is 2.00 bits per heavy atom. The number of hydrogen-bond donors (Lipinski definition) is 1. The maximum Gasteiger partial charge on any atom is 0.253 e. The number of hydrogen-bond acceptors (Lipinski definition) is 3. The van der Waals surface area contributed by atoms with Crippen molar-refractivity contribution in [3.8, 4) is 0 Å². The van der Waals surface area contributed by atoms with E-state index in [2.05, 4.69) is 24.1 Å². The van der Waals surface area contributed by atoms with Crippen LogP contribution in [0, 0.1) is 0 Å². The van der Waals surface area contributed by atoms with Gasteiger partial charge in [0, 0.05) is 31.9 Å². The molecular weight excluding hydrogens is 250 g/mol. The lowest BCUT2D eigenvalue weighted by atomic mass is 10.1. The molecule has 0 aromatic carbocycles. The van der Waals surface area contributed by atoms with Gasteiger partial charge in [-0.3, -0.25) is 4.79 Å². The van der Waals surface area contributed by atoms with Crippen molar-refractivity contribution in [2.75, 3.05) is 26.0 Å². The molecule has 0 aliphatic rings. The summed E-state index contributed by atoms with van der Waals surface area (Å²) in [5.74, 6) is 0.846. The highest BCUT2D eigenvalue weighted by Gasteiger charge is 2.13. The third-order valence-corrected chi connectivity index (χ3v) is 3.33. The monoisotopic (exact) mass is 277 g/mol. The van der Waals surface area contributed by atoms with E-state index < -0.39 is 0 Å². The standard InChI is InChI=1S/C16H27N3O/c1-5-7-8-10-19(4)16(20)13-11-14(9-6-2)18-15(12-13)17-3/h11-12H,5-10H2,1-4H3,(H,17,18). The molecule has 0 saturated carbocycles. The number of anilines is 1. The van der Waals surface area contributed by atoms with Gasteiger partial charge in [-0.1, -0.05) is 33.1 Å². The van der Waals surface area contributed by atoms with Crippen LogP contribution >= 0.6 is 0 Å². The van der Waals surface area contributed by atoms with Crippen molar-refractivity contribution < 1.29 is 4.79 Å². The second-order valence-electron chi connectivity index (χ2n) is 5.17. The van der Waals surface area contributed by atoms with Crippen molar-refractivity contribution in [2.24, 2.45) is 0 Å². The molecule has 1 aromatic rings. The Bertz CT molecular complexity index is 432. The van der Waals surface area contributed by atoms with Crippen LogP contribution in [0.2, 0.25) is 0 Å². The van der Waals surface area contributed by atoms with E-state index in [9.17, 15) is 4.79 Å². The van der Waals surface area contributed by atoms with Crippen LogP contribution in [0.25, 0.3) is 0 Å². The Hall–Kier alpha value is -1.58. The quantitative estimate of drug-likeness (QED) is 0.741. The highest BCUT2D eigenvalue weighted by molar-refractivity contribution is 5.94. The average molecular weight is 277 g/mol. The zero-order valence-corrected chi connectivity index (χ0v) is 13.2. The summed E-state index contributed by atoms with van der Waals surface area (Å²) in [5, 5.41) is 3.03. The first kappa shape index (κ1) is 16.5. The topological polar surface area (TPSA) is 45.2 Å². The highest BCUT2D eigenvalue weighted by Crippen LogP contribution is 2.14. The molecule has 112 valence electrons. The summed E-state index contributed by atoms with van der Waals surface area (Å²) in [6.07, 6.45) is 5.32. The maximum absolute atomic E-state index is 12.4. The molecule has 1 heterocycles. The fourth-order valence-electron chi connectivity index (χ4n) is 2.14. The van der Waals surface area contributed by atoms with Crippen LogP contribution in [0.4, 0.5) is 5.82 Å². The first-order valence-electron chi connectivity index (χ1n) is 7.56.